The van der Waals surface area contributed by atoms with Gasteiger partial charge in [-0.05, 0) is 34.5 Å². The van der Waals surface area contributed by atoms with E-state index in [4.69, 9.17) is 0 Å². The number of benzene rings is 1. The third-order valence-corrected chi connectivity index (χ3v) is 2.90. The molecule has 0 atom stereocenters. The van der Waals surface area contributed by atoms with Gasteiger partial charge >= 0.3 is 0 Å². The average Bonchev–Trinajstić information content (AvgIpc) is 2.53. The van der Waals surface area contributed by atoms with Gasteiger partial charge in [0.25, 0.3) is 0 Å². The maximum atomic E-state index is 10.8. The maximum absolute atomic E-state index is 10.8. The van der Waals surface area contributed by atoms with E-state index in [0.29, 0.717) is 5.56 Å². The zero-order valence-electron chi connectivity index (χ0n) is 6.97. The molecule has 1 heterocycles. The van der Waals surface area contributed by atoms with Crippen molar-refractivity contribution in [2.24, 2.45) is 0 Å². The van der Waals surface area contributed by atoms with Crippen LogP contribution in [0.5, 0.6) is 0 Å². The molecular weight excluding hydrogens is 232 g/mol. The van der Waals surface area contributed by atoms with E-state index in [1.54, 1.807) is 6.20 Å². The quantitative estimate of drug-likeness (QED) is 0.777. The van der Waals surface area contributed by atoms with Crippen LogP contribution in [0.2, 0.25) is 0 Å². The number of fused-ring (bicyclic) bond motifs is 1. The Hall–Kier alpha value is -1.16. The lowest BCUT2D eigenvalue weighted by molar-refractivity contribution is 0.112. The van der Waals surface area contributed by atoms with E-state index in [-0.39, 0.29) is 0 Å². The molecule has 0 unspecified atom stereocenters. The highest BCUT2D eigenvalue weighted by atomic mass is 79.9. The van der Waals surface area contributed by atoms with Crippen molar-refractivity contribution < 1.29 is 4.79 Å². The predicted molar refractivity (Wildman–Crippen MR) is 53.9 cm³/mol. The number of nitrogens with one attached hydrogen (secondary N) is 1. The fourth-order valence-electron chi connectivity index (χ4n) is 1.34. The van der Waals surface area contributed by atoms with Gasteiger partial charge in [-0.1, -0.05) is 0 Å². The second kappa shape index (κ2) is 2.96. The minimum Gasteiger partial charge on any atom is -0.298 e. The number of hydrogen-bond acceptors (Lipinski definition) is 2. The summed E-state index contributed by atoms with van der Waals surface area (Å²) in [5.74, 6) is 0. The van der Waals surface area contributed by atoms with Crippen LogP contribution in [0.3, 0.4) is 0 Å². The lowest BCUT2D eigenvalue weighted by atomic mass is 10.1. The summed E-state index contributed by atoms with van der Waals surface area (Å²) in [5.41, 5.74) is 2.57. The lowest BCUT2D eigenvalue weighted by Crippen LogP contribution is -1.88. The minimum atomic E-state index is 0.689. The molecule has 0 bridgehead atoms. The lowest BCUT2D eigenvalue weighted by Gasteiger charge is -2.01. The molecule has 0 saturated carbocycles. The molecule has 0 amide bonds. The predicted octanol–water partition coefficient (Wildman–Crippen LogP) is 2.45. The molecule has 0 saturated heterocycles. The number of rotatable bonds is 1. The summed E-state index contributed by atoms with van der Waals surface area (Å²) in [5, 5.41) is 7.70. The van der Waals surface area contributed by atoms with Crippen molar-refractivity contribution in [1.29, 1.82) is 0 Å². The molecule has 3 nitrogen and oxygen atoms in total. The summed E-state index contributed by atoms with van der Waals surface area (Å²) in [6.45, 7) is 1.90. The van der Waals surface area contributed by atoms with Gasteiger partial charge in [0, 0.05) is 15.4 Å². The van der Waals surface area contributed by atoms with E-state index in [1.165, 1.54) is 0 Å². The van der Waals surface area contributed by atoms with Crippen LogP contribution >= 0.6 is 15.9 Å². The number of aromatic amines is 1. The van der Waals surface area contributed by atoms with Crippen molar-refractivity contribution in [1.82, 2.24) is 10.2 Å². The minimum absolute atomic E-state index is 0.689. The molecule has 13 heavy (non-hydrogen) atoms. The summed E-state index contributed by atoms with van der Waals surface area (Å²) in [6.07, 6.45) is 2.55. The number of aromatic nitrogens is 2. The first kappa shape index (κ1) is 8.44. The Labute approximate surface area is 83.3 Å². The zero-order chi connectivity index (χ0) is 9.42. The number of aryl methyl sites for hydroxylation is 1. The third-order valence-electron chi connectivity index (χ3n) is 2.05. The molecular formula is C9H7BrN2O. The van der Waals surface area contributed by atoms with E-state index in [9.17, 15) is 4.79 Å². The van der Waals surface area contributed by atoms with Crippen molar-refractivity contribution >= 4 is 33.1 Å². The van der Waals surface area contributed by atoms with Crippen molar-refractivity contribution in [3.63, 3.8) is 0 Å². The van der Waals surface area contributed by atoms with Crippen LogP contribution in [0.1, 0.15) is 15.9 Å². The molecule has 0 aliphatic rings. The summed E-state index contributed by atoms with van der Waals surface area (Å²) >= 11 is 3.38. The topological polar surface area (TPSA) is 45.8 Å². The number of hydrogen-bond donors (Lipinski definition) is 1. The molecule has 1 aromatic carbocycles. The van der Waals surface area contributed by atoms with E-state index < -0.39 is 0 Å². The van der Waals surface area contributed by atoms with Gasteiger partial charge in [0.15, 0.2) is 6.29 Å². The number of nitrogens with zero attached hydrogens (tertiary/aromatic N) is 1. The fourth-order valence-corrected chi connectivity index (χ4v) is 2.06. The monoisotopic (exact) mass is 238 g/mol. The van der Waals surface area contributed by atoms with Crippen LogP contribution in [0, 0.1) is 6.92 Å². The molecule has 0 radical (unpaired) electrons. The van der Waals surface area contributed by atoms with E-state index in [1.807, 2.05) is 13.0 Å². The maximum Gasteiger partial charge on any atom is 0.151 e. The smallest absolute Gasteiger partial charge is 0.151 e. The molecule has 66 valence electrons. The summed E-state index contributed by atoms with van der Waals surface area (Å²) in [6, 6.07) is 1.91. The first-order chi connectivity index (χ1) is 6.24. The Morgan fingerprint density at radius 2 is 2.38 bits per heavy atom. The van der Waals surface area contributed by atoms with Gasteiger partial charge in [0.1, 0.15) is 0 Å². The first-order valence-corrected chi connectivity index (χ1v) is 4.60. The second-order valence-electron chi connectivity index (χ2n) is 2.87. The number of halogens is 1. The Bertz CT molecular complexity index is 476. The Morgan fingerprint density at radius 1 is 1.62 bits per heavy atom. The van der Waals surface area contributed by atoms with Crippen LogP contribution in [0.4, 0.5) is 0 Å². The van der Waals surface area contributed by atoms with Gasteiger partial charge in [-0.25, -0.2) is 0 Å². The number of aldehydes is 1. The van der Waals surface area contributed by atoms with Crippen molar-refractivity contribution in [2.75, 3.05) is 0 Å². The highest BCUT2D eigenvalue weighted by molar-refractivity contribution is 9.10. The van der Waals surface area contributed by atoms with E-state index in [0.717, 1.165) is 27.2 Å². The molecule has 0 fully saturated rings. The Kier molecular flexibility index (Phi) is 1.92. The highest BCUT2D eigenvalue weighted by Gasteiger charge is 2.08. The second-order valence-corrected chi connectivity index (χ2v) is 3.66. The molecule has 0 aliphatic heterocycles. The van der Waals surface area contributed by atoms with Gasteiger partial charge < -0.3 is 0 Å². The summed E-state index contributed by atoms with van der Waals surface area (Å²) in [4.78, 5) is 10.8. The highest BCUT2D eigenvalue weighted by Crippen LogP contribution is 2.27. The largest absolute Gasteiger partial charge is 0.298 e. The zero-order valence-corrected chi connectivity index (χ0v) is 8.55. The third kappa shape index (κ3) is 1.18. The van der Waals surface area contributed by atoms with E-state index >= 15 is 0 Å². The van der Waals surface area contributed by atoms with Crippen LogP contribution in [-0.4, -0.2) is 16.5 Å². The van der Waals surface area contributed by atoms with Crippen LogP contribution < -0.4 is 0 Å². The molecule has 0 spiro atoms. The van der Waals surface area contributed by atoms with Gasteiger partial charge in [-0.3, -0.25) is 9.89 Å². The van der Waals surface area contributed by atoms with E-state index in [2.05, 4.69) is 26.1 Å². The van der Waals surface area contributed by atoms with Crippen LogP contribution in [0.25, 0.3) is 10.9 Å². The van der Waals surface area contributed by atoms with Gasteiger partial charge in [0.05, 0.1) is 11.7 Å². The first-order valence-electron chi connectivity index (χ1n) is 3.81. The standard InChI is InChI=1S/C9H7BrN2O/c1-5-2-8-6(3-11-12-8)9(10)7(5)4-13/h2-4H,1H3,(H,11,12). The molecule has 1 aromatic heterocycles. The molecule has 0 aliphatic carbocycles. The Balaban J connectivity index is 2.92. The van der Waals surface area contributed by atoms with Crippen molar-refractivity contribution in [2.45, 2.75) is 6.92 Å². The average molecular weight is 239 g/mol. The normalized spacial score (nSPS) is 10.6. The number of carbonyl (C=O) groups is 1. The molecule has 2 aromatic rings. The van der Waals surface area contributed by atoms with Gasteiger partial charge in [-0.15, -0.1) is 0 Å². The van der Waals surface area contributed by atoms with Gasteiger partial charge in [-0.2, -0.15) is 5.10 Å². The van der Waals surface area contributed by atoms with Crippen molar-refractivity contribution in [3.8, 4) is 0 Å². The van der Waals surface area contributed by atoms with Gasteiger partial charge in [0.2, 0.25) is 0 Å². The number of carbonyl (C=O) groups excluding carboxylic acids is 1. The van der Waals surface area contributed by atoms with Crippen LogP contribution in [-0.2, 0) is 0 Å². The van der Waals surface area contributed by atoms with Crippen molar-refractivity contribution in [3.05, 3.63) is 27.9 Å². The molecule has 1 N–H and O–H groups in total. The number of H-pyrrole nitrogens is 1. The summed E-state index contributed by atoms with van der Waals surface area (Å²) < 4.78 is 0.811. The molecule has 2 rings (SSSR count). The van der Waals surface area contributed by atoms with Crippen LogP contribution in [0.15, 0.2) is 16.7 Å². The Morgan fingerprint density at radius 3 is 3.08 bits per heavy atom. The summed E-state index contributed by atoms with van der Waals surface area (Å²) in [7, 11) is 0. The fraction of sp³-hybridized carbons (Fsp3) is 0.111. The SMILES string of the molecule is Cc1cc2[nH]ncc2c(Br)c1C=O. The molecule has 4 heteroatoms.